The lowest BCUT2D eigenvalue weighted by Crippen LogP contribution is -2.65. The summed E-state index contributed by atoms with van der Waals surface area (Å²) < 4.78 is 0. The molecule has 49 heavy (non-hydrogen) atoms. The van der Waals surface area contributed by atoms with Gasteiger partial charge < -0.3 is 4.90 Å². The van der Waals surface area contributed by atoms with Gasteiger partial charge in [-0.25, -0.2) is 0 Å². The van der Waals surface area contributed by atoms with Crippen molar-refractivity contribution < 1.29 is 0 Å². The first kappa shape index (κ1) is 28.2. The molecule has 0 radical (unpaired) electrons. The number of nitrogens with zero attached hydrogens (tertiary/aromatic N) is 1. The molecule has 0 atom stereocenters. The third-order valence-electron chi connectivity index (χ3n) is 10.8. The van der Waals surface area contributed by atoms with Crippen molar-refractivity contribution >= 4 is 84.8 Å². The SMILES string of the molecule is Cc1ccc2c(c1)N1c3cc(C)ccc3B(c3ccc4ccccc4c3)c3cc(-c4ccccc4)cc(c31)B2c1ccc2ccccc2c1. The molecule has 2 heterocycles. The molecule has 0 fully saturated rings. The topological polar surface area (TPSA) is 3.24 Å². The minimum absolute atomic E-state index is 0.0810. The molecule has 2 aliphatic rings. The Morgan fingerprint density at radius 3 is 1.35 bits per heavy atom. The van der Waals surface area contributed by atoms with Crippen LogP contribution in [0.3, 0.4) is 0 Å². The van der Waals surface area contributed by atoms with Gasteiger partial charge in [-0.3, -0.25) is 0 Å². The molecule has 10 rings (SSSR count). The van der Waals surface area contributed by atoms with E-state index in [0.717, 1.165) is 0 Å². The van der Waals surface area contributed by atoms with Gasteiger partial charge in [0.15, 0.2) is 0 Å². The average molecular weight is 621 g/mol. The van der Waals surface area contributed by atoms with Crippen LogP contribution in [0.15, 0.2) is 164 Å². The van der Waals surface area contributed by atoms with Gasteiger partial charge >= 0.3 is 0 Å². The third kappa shape index (κ3) is 4.42. The summed E-state index contributed by atoms with van der Waals surface area (Å²) in [6.07, 6.45) is 0. The second-order valence-corrected chi connectivity index (χ2v) is 13.9. The molecule has 0 bridgehead atoms. The predicted molar refractivity (Wildman–Crippen MR) is 213 cm³/mol. The Bertz CT molecular complexity index is 2450. The zero-order chi connectivity index (χ0) is 32.6. The molecule has 0 unspecified atom stereocenters. The number of hydrogen-bond donors (Lipinski definition) is 0. The fourth-order valence-electron chi connectivity index (χ4n) is 8.56. The lowest BCUT2D eigenvalue weighted by Gasteiger charge is -2.44. The van der Waals surface area contributed by atoms with Crippen molar-refractivity contribution in [1.29, 1.82) is 0 Å². The molecule has 0 saturated heterocycles. The molecule has 0 N–H and O–H groups in total. The van der Waals surface area contributed by atoms with Gasteiger partial charge in [0, 0.05) is 17.1 Å². The lowest BCUT2D eigenvalue weighted by molar-refractivity contribution is 1.28. The highest BCUT2D eigenvalue weighted by atomic mass is 15.2. The minimum Gasteiger partial charge on any atom is -0.313 e. The second-order valence-electron chi connectivity index (χ2n) is 13.9. The van der Waals surface area contributed by atoms with E-state index in [1.165, 1.54) is 93.6 Å². The smallest absolute Gasteiger partial charge is 0.246 e. The van der Waals surface area contributed by atoms with Crippen LogP contribution in [0.2, 0.25) is 0 Å². The van der Waals surface area contributed by atoms with Crippen molar-refractivity contribution in [2.24, 2.45) is 0 Å². The van der Waals surface area contributed by atoms with Crippen LogP contribution >= 0.6 is 0 Å². The molecule has 0 aromatic heterocycles. The number of aryl methyl sites for hydroxylation is 2. The lowest BCUT2D eigenvalue weighted by atomic mass is 9.30. The molecule has 0 spiro atoms. The van der Waals surface area contributed by atoms with E-state index >= 15 is 0 Å². The first-order chi connectivity index (χ1) is 24.1. The highest BCUT2D eigenvalue weighted by Crippen LogP contribution is 2.39. The van der Waals surface area contributed by atoms with E-state index in [2.05, 4.69) is 183 Å². The number of anilines is 3. The summed E-state index contributed by atoms with van der Waals surface area (Å²) in [6, 6.07) is 61.7. The molecule has 0 amide bonds. The maximum atomic E-state index is 2.60. The van der Waals surface area contributed by atoms with E-state index in [4.69, 9.17) is 0 Å². The Labute approximate surface area is 288 Å². The number of rotatable bonds is 3. The highest BCUT2D eigenvalue weighted by molar-refractivity contribution is 7.02. The van der Waals surface area contributed by atoms with Gasteiger partial charge in [-0.15, -0.1) is 0 Å². The van der Waals surface area contributed by atoms with Crippen molar-refractivity contribution in [1.82, 2.24) is 0 Å². The van der Waals surface area contributed by atoms with E-state index in [-0.39, 0.29) is 13.4 Å². The van der Waals surface area contributed by atoms with Gasteiger partial charge in [0.2, 0.25) is 13.4 Å². The molecule has 228 valence electrons. The van der Waals surface area contributed by atoms with E-state index in [0.29, 0.717) is 0 Å². The standard InChI is InChI=1S/C46H33B2N/c1-30-16-22-40-44(24-30)49-45-25-31(2)17-23-41(45)48(39-21-19-34-13-7-9-15-36(34)27-39)43-29-37(32-10-4-3-5-11-32)28-42(46(43)49)47(40)38-20-18-33-12-6-8-14-35(33)26-38/h3-29H,1-2H3. The quantitative estimate of drug-likeness (QED) is 0.186. The van der Waals surface area contributed by atoms with Crippen molar-refractivity contribution in [3.05, 3.63) is 175 Å². The summed E-state index contributed by atoms with van der Waals surface area (Å²) in [5, 5.41) is 5.10. The van der Waals surface area contributed by atoms with Crippen LogP contribution in [0.1, 0.15) is 11.1 Å². The molecule has 0 saturated carbocycles. The molecular formula is C46H33B2N. The van der Waals surface area contributed by atoms with Gasteiger partial charge in [-0.05, 0) is 91.6 Å². The minimum atomic E-state index is 0.0810. The Balaban J connectivity index is 1.33. The number of fused-ring (bicyclic) bond motifs is 6. The second kappa shape index (κ2) is 10.9. The van der Waals surface area contributed by atoms with E-state index < -0.39 is 0 Å². The first-order valence-electron chi connectivity index (χ1n) is 17.3. The Hall–Kier alpha value is -5.79. The monoisotopic (exact) mass is 621 g/mol. The maximum absolute atomic E-state index is 2.60. The van der Waals surface area contributed by atoms with Gasteiger partial charge in [0.1, 0.15) is 0 Å². The van der Waals surface area contributed by atoms with Gasteiger partial charge in [0.25, 0.3) is 0 Å². The summed E-state index contributed by atoms with van der Waals surface area (Å²) in [5.74, 6) is 0. The van der Waals surface area contributed by atoms with E-state index in [1.54, 1.807) is 0 Å². The summed E-state index contributed by atoms with van der Waals surface area (Å²) in [4.78, 5) is 2.60. The molecule has 8 aromatic rings. The highest BCUT2D eigenvalue weighted by Gasteiger charge is 2.43. The van der Waals surface area contributed by atoms with Crippen LogP contribution in [-0.4, -0.2) is 13.4 Å². The Morgan fingerprint density at radius 1 is 0.367 bits per heavy atom. The van der Waals surface area contributed by atoms with E-state index in [9.17, 15) is 0 Å². The van der Waals surface area contributed by atoms with Crippen LogP contribution in [-0.2, 0) is 0 Å². The van der Waals surface area contributed by atoms with Gasteiger partial charge in [-0.1, -0.05) is 163 Å². The van der Waals surface area contributed by atoms with Gasteiger partial charge in [-0.2, -0.15) is 0 Å². The first-order valence-corrected chi connectivity index (χ1v) is 17.3. The third-order valence-corrected chi connectivity index (χ3v) is 10.8. The van der Waals surface area contributed by atoms with Crippen molar-refractivity contribution in [3.8, 4) is 11.1 Å². The Morgan fingerprint density at radius 2 is 0.837 bits per heavy atom. The van der Waals surface area contributed by atoms with Crippen LogP contribution in [0.25, 0.3) is 32.7 Å². The molecule has 2 aliphatic heterocycles. The predicted octanol–water partition coefficient (Wildman–Crippen LogP) is 7.41. The fourth-order valence-corrected chi connectivity index (χ4v) is 8.56. The zero-order valence-corrected chi connectivity index (χ0v) is 27.7. The Kier molecular flexibility index (Phi) is 6.26. The van der Waals surface area contributed by atoms with Crippen LogP contribution < -0.4 is 37.7 Å². The molecule has 8 aromatic carbocycles. The number of hydrogen-bond acceptors (Lipinski definition) is 1. The van der Waals surface area contributed by atoms with Crippen molar-refractivity contribution in [2.75, 3.05) is 4.90 Å². The molecule has 1 nitrogen and oxygen atoms in total. The van der Waals surface area contributed by atoms with Crippen LogP contribution in [0.5, 0.6) is 0 Å². The zero-order valence-electron chi connectivity index (χ0n) is 27.7. The van der Waals surface area contributed by atoms with E-state index in [1.807, 2.05) is 0 Å². The molecule has 3 heteroatoms. The summed E-state index contributed by atoms with van der Waals surface area (Å²) >= 11 is 0. The average Bonchev–Trinajstić information content (AvgIpc) is 3.14. The number of benzene rings is 8. The van der Waals surface area contributed by atoms with Crippen LogP contribution in [0, 0.1) is 13.8 Å². The summed E-state index contributed by atoms with van der Waals surface area (Å²) in [5.41, 5.74) is 17.0. The summed E-state index contributed by atoms with van der Waals surface area (Å²) in [7, 11) is 0. The van der Waals surface area contributed by atoms with Crippen LogP contribution in [0.4, 0.5) is 17.1 Å². The molecule has 0 aliphatic carbocycles. The molecular weight excluding hydrogens is 588 g/mol. The summed E-state index contributed by atoms with van der Waals surface area (Å²) in [6.45, 7) is 4.60. The maximum Gasteiger partial charge on any atom is 0.246 e. The fraction of sp³-hybridized carbons (Fsp3) is 0.0435. The van der Waals surface area contributed by atoms with Crippen molar-refractivity contribution in [2.45, 2.75) is 13.8 Å². The van der Waals surface area contributed by atoms with Gasteiger partial charge in [0.05, 0.1) is 0 Å². The normalized spacial score (nSPS) is 13.0. The largest absolute Gasteiger partial charge is 0.313 e. The van der Waals surface area contributed by atoms with Crippen molar-refractivity contribution in [3.63, 3.8) is 0 Å².